The molecule has 9 nitrogen and oxygen atoms in total. The number of amides is 1. The minimum absolute atomic E-state index is 0.0422. The van der Waals surface area contributed by atoms with Crippen molar-refractivity contribution >= 4 is 43.7 Å². The summed E-state index contributed by atoms with van der Waals surface area (Å²) in [4.78, 5) is 33.2. The summed E-state index contributed by atoms with van der Waals surface area (Å²) < 4.78 is 34.6. The van der Waals surface area contributed by atoms with Crippen LogP contribution in [0, 0.1) is 6.92 Å². The van der Waals surface area contributed by atoms with E-state index in [0.717, 1.165) is 38.5 Å². The number of fused-ring (bicyclic) bond motifs is 2. The van der Waals surface area contributed by atoms with E-state index in [-0.39, 0.29) is 24.3 Å². The highest BCUT2D eigenvalue weighted by molar-refractivity contribution is 7.89. The van der Waals surface area contributed by atoms with Gasteiger partial charge in [-0.15, -0.1) is 0 Å². The van der Waals surface area contributed by atoms with E-state index in [1.54, 1.807) is 31.5 Å². The van der Waals surface area contributed by atoms with Crippen molar-refractivity contribution in [3.05, 3.63) is 102 Å². The maximum Gasteiger partial charge on any atom is 0.328 e. The number of aromatic nitrogens is 2. The molecule has 0 bridgehead atoms. The molecule has 2 atom stereocenters. The van der Waals surface area contributed by atoms with Crippen LogP contribution < -0.4 is 10.0 Å². The van der Waals surface area contributed by atoms with Gasteiger partial charge in [0, 0.05) is 40.6 Å². The lowest BCUT2D eigenvalue weighted by Gasteiger charge is -2.22. The number of ether oxygens (including phenoxy) is 1. The lowest BCUT2D eigenvalue weighted by molar-refractivity contribution is -0.147. The van der Waals surface area contributed by atoms with E-state index in [1.807, 2.05) is 55.5 Å². The van der Waals surface area contributed by atoms with E-state index < -0.39 is 34.0 Å². The van der Waals surface area contributed by atoms with Gasteiger partial charge in [-0.2, -0.15) is 4.72 Å². The van der Waals surface area contributed by atoms with Crippen molar-refractivity contribution in [1.82, 2.24) is 20.0 Å². The molecule has 4 N–H and O–H groups in total. The van der Waals surface area contributed by atoms with Crippen molar-refractivity contribution in [3.8, 4) is 0 Å². The number of rotatable bonds is 11. The second kappa shape index (κ2) is 12.0. The third-order valence-electron chi connectivity index (χ3n) is 7.03. The summed E-state index contributed by atoms with van der Waals surface area (Å²) in [5.41, 5.74) is 4.27. The van der Waals surface area contributed by atoms with Gasteiger partial charge in [0.25, 0.3) is 0 Å². The van der Waals surface area contributed by atoms with Gasteiger partial charge in [-0.3, -0.25) is 4.79 Å². The Bertz CT molecular complexity index is 1790. The van der Waals surface area contributed by atoms with Gasteiger partial charge < -0.3 is 20.0 Å². The SMILES string of the molecule is CCOC(=O)C(Cc1c[nH]c2ccccc12)NC(=O)C(Cc1c[nH]c2ccccc12)NS(=O)(=O)c1ccc(C)cc1. The summed E-state index contributed by atoms with van der Waals surface area (Å²) in [7, 11) is -4.06. The fourth-order valence-electron chi connectivity index (χ4n) is 4.91. The molecule has 41 heavy (non-hydrogen) atoms. The molecule has 1 amide bonds. The summed E-state index contributed by atoms with van der Waals surface area (Å²) in [6.45, 7) is 3.69. The minimum atomic E-state index is -4.06. The first kappa shape index (κ1) is 28.1. The summed E-state index contributed by atoms with van der Waals surface area (Å²) in [6.07, 6.45) is 3.79. The number of esters is 1. The average molecular weight is 573 g/mol. The number of para-hydroxylation sites is 2. The van der Waals surface area contributed by atoms with Crippen molar-refractivity contribution in [1.29, 1.82) is 0 Å². The van der Waals surface area contributed by atoms with E-state index in [9.17, 15) is 18.0 Å². The Morgan fingerprint density at radius 3 is 1.90 bits per heavy atom. The molecule has 2 aromatic heterocycles. The molecule has 0 aliphatic heterocycles. The largest absolute Gasteiger partial charge is 0.464 e. The highest BCUT2D eigenvalue weighted by Gasteiger charge is 2.31. The zero-order chi connectivity index (χ0) is 29.0. The number of hydrogen-bond donors (Lipinski definition) is 4. The van der Waals surface area contributed by atoms with E-state index in [2.05, 4.69) is 20.0 Å². The molecular weight excluding hydrogens is 540 g/mol. The number of hydrogen-bond acceptors (Lipinski definition) is 5. The van der Waals surface area contributed by atoms with Crippen LogP contribution in [0.4, 0.5) is 0 Å². The molecule has 2 heterocycles. The molecule has 3 aromatic carbocycles. The van der Waals surface area contributed by atoms with Gasteiger partial charge in [-0.1, -0.05) is 54.1 Å². The van der Waals surface area contributed by atoms with Crippen LogP contribution in [0.5, 0.6) is 0 Å². The first-order chi connectivity index (χ1) is 19.7. The van der Waals surface area contributed by atoms with Crippen molar-refractivity contribution in [3.63, 3.8) is 0 Å². The van der Waals surface area contributed by atoms with Gasteiger partial charge in [0.15, 0.2) is 0 Å². The predicted molar refractivity (Wildman–Crippen MR) is 158 cm³/mol. The van der Waals surface area contributed by atoms with Gasteiger partial charge in [-0.05, 0) is 55.7 Å². The van der Waals surface area contributed by atoms with Crippen molar-refractivity contribution in [2.45, 2.75) is 43.7 Å². The molecule has 0 saturated heterocycles. The van der Waals surface area contributed by atoms with E-state index in [0.29, 0.717) is 0 Å². The monoisotopic (exact) mass is 572 g/mol. The second-order valence-corrected chi connectivity index (χ2v) is 11.6. The number of benzene rings is 3. The van der Waals surface area contributed by atoms with Crippen molar-refractivity contribution < 1.29 is 22.7 Å². The lowest BCUT2D eigenvalue weighted by atomic mass is 10.0. The molecule has 0 saturated carbocycles. The summed E-state index contributed by atoms with van der Waals surface area (Å²) >= 11 is 0. The summed E-state index contributed by atoms with van der Waals surface area (Å²) in [5, 5.41) is 4.58. The zero-order valence-electron chi connectivity index (χ0n) is 22.8. The molecule has 0 fully saturated rings. The first-order valence-electron chi connectivity index (χ1n) is 13.4. The topological polar surface area (TPSA) is 133 Å². The molecule has 10 heteroatoms. The van der Waals surface area contributed by atoms with E-state index in [1.165, 1.54) is 12.1 Å². The van der Waals surface area contributed by atoms with Gasteiger partial charge in [0.2, 0.25) is 15.9 Å². The predicted octanol–water partition coefficient (Wildman–Crippen LogP) is 4.14. The number of carbonyl (C=O) groups excluding carboxylic acids is 2. The molecule has 0 aliphatic carbocycles. The van der Waals surface area contributed by atoms with Gasteiger partial charge >= 0.3 is 5.97 Å². The third kappa shape index (κ3) is 6.34. The minimum Gasteiger partial charge on any atom is -0.464 e. The van der Waals surface area contributed by atoms with Crippen LogP contribution in [-0.4, -0.2) is 49.0 Å². The maximum absolute atomic E-state index is 13.8. The standard InChI is InChI=1S/C31H32N4O5S/c1-3-40-31(37)29(17-22-19-33-27-11-7-5-9-25(22)27)34-30(36)28(16-21-18-32-26-10-6-4-8-24(21)26)35-41(38,39)23-14-12-20(2)13-15-23/h4-15,18-19,28-29,32-33,35H,3,16-17H2,1-2H3,(H,34,36). The lowest BCUT2D eigenvalue weighted by Crippen LogP contribution is -2.53. The van der Waals surface area contributed by atoms with Crippen LogP contribution in [0.3, 0.4) is 0 Å². The normalized spacial score (nSPS) is 13.2. The maximum atomic E-state index is 13.8. The molecule has 5 aromatic rings. The van der Waals surface area contributed by atoms with Crippen LogP contribution in [0.1, 0.15) is 23.6 Å². The first-order valence-corrected chi connectivity index (χ1v) is 14.9. The Hall–Kier alpha value is -4.41. The molecule has 212 valence electrons. The highest BCUT2D eigenvalue weighted by atomic mass is 32.2. The van der Waals surface area contributed by atoms with Crippen LogP contribution in [0.2, 0.25) is 0 Å². The van der Waals surface area contributed by atoms with Crippen LogP contribution >= 0.6 is 0 Å². The van der Waals surface area contributed by atoms with E-state index in [4.69, 9.17) is 4.74 Å². The number of aromatic amines is 2. The Morgan fingerprint density at radius 1 is 0.805 bits per heavy atom. The average Bonchev–Trinajstić information content (AvgIpc) is 3.56. The number of sulfonamides is 1. The smallest absolute Gasteiger partial charge is 0.328 e. The van der Waals surface area contributed by atoms with Crippen LogP contribution in [-0.2, 0) is 37.2 Å². The third-order valence-corrected chi connectivity index (χ3v) is 8.52. The number of H-pyrrole nitrogens is 2. The van der Waals surface area contributed by atoms with Crippen LogP contribution in [0.15, 0.2) is 90.1 Å². The van der Waals surface area contributed by atoms with E-state index >= 15 is 0 Å². The quantitative estimate of drug-likeness (QED) is 0.177. The molecule has 0 spiro atoms. The summed E-state index contributed by atoms with van der Waals surface area (Å²) in [5.74, 6) is -1.23. The zero-order valence-corrected chi connectivity index (χ0v) is 23.6. The highest BCUT2D eigenvalue weighted by Crippen LogP contribution is 2.22. The number of aryl methyl sites for hydroxylation is 1. The molecule has 0 radical (unpaired) electrons. The van der Waals surface area contributed by atoms with Crippen molar-refractivity contribution in [2.75, 3.05) is 6.61 Å². The Morgan fingerprint density at radius 2 is 1.34 bits per heavy atom. The molecule has 2 unspecified atom stereocenters. The van der Waals surface area contributed by atoms with Crippen molar-refractivity contribution in [2.24, 2.45) is 0 Å². The molecule has 0 aliphatic rings. The second-order valence-electron chi connectivity index (χ2n) is 9.93. The Balaban J connectivity index is 1.45. The van der Waals surface area contributed by atoms with Gasteiger partial charge in [-0.25, -0.2) is 13.2 Å². The number of carbonyl (C=O) groups is 2. The Kier molecular flexibility index (Phi) is 8.23. The van der Waals surface area contributed by atoms with Gasteiger partial charge in [0.05, 0.1) is 11.5 Å². The molecular formula is C31H32N4O5S. The molecule has 5 rings (SSSR count). The Labute approximate surface area is 238 Å². The fourth-order valence-corrected chi connectivity index (χ4v) is 6.11. The summed E-state index contributed by atoms with van der Waals surface area (Å²) in [6, 6.07) is 19.4. The number of nitrogens with one attached hydrogen (secondary N) is 4. The van der Waals surface area contributed by atoms with Gasteiger partial charge in [0.1, 0.15) is 12.1 Å². The van der Waals surface area contributed by atoms with Crippen LogP contribution in [0.25, 0.3) is 21.8 Å². The fraction of sp³-hybridized carbons (Fsp3) is 0.226.